The van der Waals surface area contributed by atoms with E-state index in [0.717, 1.165) is 23.5 Å². The third-order valence-corrected chi connectivity index (χ3v) is 6.77. The summed E-state index contributed by atoms with van der Waals surface area (Å²) in [5.41, 5.74) is 1.57. The largest absolute Gasteiger partial charge is 0.462 e. The van der Waals surface area contributed by atoms with Crippen molar-refractivity contribution in [3.63, 3.8) is 0 Å². The van der Waals surface area contributed by atoms with Gasteiger partial charge in [0.1, 0.15) is 11.1 Å². The molecule has 12 heteroatoms. The van der Waals surface area contributed by atoms with Crippen LogP contribution in [0.1, 0.15) is 23.7 Å². The van der Waals surface area contributed by atoms with Gasteiger partial charge in [-0.15, -0.1) is 10.2 Å². The lowest BCUT2D eigenvalue weighted by Crippen LogP contribution is -2.29. The van der Waals surface area contributed by atoms with Gasteiger partial charge in [-0.3, -0.25) is 19.3 Å². The van der Waals surface area contributed by atoms with Gasteiger partial charge in [-0.05, 0) is 43.3 Å². The normalized spacial score (nSPS) is 19.8. The van der Waals surface area contributed by atoms with E-state index in [1.54, 1.807) is 43.3 Å². The van der Waals surface area contributed by atoms with Crippen molar-refractivity contribution in [1.82, 2.24) is 5.32 Å². The van der Waals surface area contributed by atoms with Crippen LogP contribution in [0, 0.1) is 0 Å². The van der Waals surface area contributed by atoms with E-state index in [9.17, 15) is 19.2 Å². The number of amides is 3. The molecule has 0 saturated carbocycles. The maximum absolute atomic E-state index is 12.4. The Hall–Kier alpha value is -3.64. The van der Waals surface area contributed by atoms with Gasteiger partial charge in [0.15, 0.2) is 5.17 Å². The van der Waals surface area contributed by atoms with E-state index in [4.69, 9.17) is 4.74 Å². The van der Waals surface area contributed by atoms with E-state index in [0.29, 0.717) is 28.5 Å². The summed E-state index contributed by atoms with van der Waals surface area (Å²) < 4.78 is 4.93. The average Bonchev–Trinajstić information content (AvgIpc) is 3.40. The molecule has 35 heavy (non-hydrogen) atoms. The highest BCUT2D eigenvalue weighted by atomic mass is 32.2. The number of nitrogens with one attached hydrogen (secondary N) is 2. The minimum absolute atomic E-state index is 0.0732. The van der Waals surface area contributed by atoms with Gasteiger partial charge < -0.3 is 15.4 Å². The highest BCUT2D eigenvalue weighted by molar-refractivity contribution is 8.15. The molecule has 2 fully saturated rings. The summed E-state index contributed by atoms with van der Waals surface area (Å²) in [6.07, 6.45) is -0.0732. The van der Waals surface area contributed by atoms with Crippen LogP contribution in [0.5, 0.6) is 0 Å². The summed E-state index contributed by atoms with van der Waals surface area (Å²) in [6.45, 7) is 2.00. The van der Waals surface area contributed by atoms with Crippen molar-refractivity contribution < 1.29 is 23.9 Å². The number of anilines is 2. The predicted octanol–water partition coefficient (Wildman–Crippen LogP) is 3.47. The molecule has 0 spiro atoms. The molecule has 3 amide bonds. The Balaban J connectivity index is 1.35. The molecule has 0 bridgehead atoms. The first kappa shape index (κ1) is 24.5. The summed E-state index contributed by atoms with van der Waals surface area (Å²) in [5.74, 6) is -0.321. The quantitative estimate of drug-likeness (QED) is 0.430. The molecule has 0 aromatic heterocycles. The molecule has 10 nitrogen and oxygen atoms in total. The predicted molar refractivity (Wildman–Crippen MR) is 137 cm³/mol. The molecular weight excluding hydrogens is 490 g/mol. The molecule has 180 valence electrons. The monoisotopic (exact) mass is 511 g/mol. The van der Waals surface area contributed by atoms with Gasteiger partial charge >= 0.3 is 5.97 Å². The summed E-state index contributed by atoms with van der Waals surface area (Å²) >= 11 is 2.22. The van der Waals surface area contributed by atoms with E-state index in [-0.39, 0.29) is 35.2 Å². The smallest absolute Gasteiger partial charge is 0.338 e. The summed E-state index contributed by atoms with van der Waals surface area (Å²) in [7, 11) is 0. The highest BCUT2D eigenvalue weighted by Crippen LogP contribution is 2.28. The van der Waals surface area contributed by atoms with Crippen molar-refractivity contribution >= 4 is 68.9 Å². The Labute approximate surface area is 209 Å². The van der Waals surface area contributed by atoms with E-state index in [1.165, 1.54) is 4.90 Å². The Morgan fingerprint density at radius 3 is 2.57 bits per heavy atom. The molecule has 2 aromatic rings. The van der Waals surface area contributed by atoms with Gasteiger partial charge in [-0.1, -0.05) is 41.7 Å². The van der Waals surface area contributed by atoms with E-state index in [1.807, 2.05) is 18.2 Å². The van der Waals surface area contributed by atoms with Crippen LogP contribution in [0.15, 0.2) is 64.8 Å². The highest BCUT2D eigenvalue weighted by Gasteiger charge is 2.33. The SMILES string of the molecule is CCOC(=O)c1ccc(NC(=O)CC2S/C(=N/N=C3\CSC(=O)N3c3ccccc3)NC2=O)cc1. The molecular formula is C23H21N5O5S2. The van der Waals surface area contributed by atoms with Crippen molar-refractivity contribution in [3.8, 4) is 0 Å². The Morgan fingerprint density at radius 2 is 1.86 bits per heavy atom. The van der Waals surface area contributed by atoms with E-state index < -0.39 is 11.2 Å². The number of carbonyl (C=O) groups is 4. The standard InChI is InChI=1S/C23H21N5O5S2/c1-2-33-21(31)14-8-10-15(11-9-14)24-19(29)12-17-20(30)25-22(35-17)27-26-18-13-34-23(32)28(18)16-6-4-3-5-7-16/h3-11,17H,2,12-13H2,1H3,(H,24,29)(H,25,27,30)/b26-18+. The zero-order valence-corrected chi connectivity index (χ0v) is 20.2. The maximum Gasteiger partial charge on any atom is 0.338 e. The molecule has 2 aromatic carbocycles. The zero-order valence-electron chi connectivity index (χ0n) is 18.6. The molecule has 2 N–H and O–H groups in total. The first-order chi connectivity index (χ1) is 16.9. The first-order valence-corrected chi connectivity index (χ1v) is 12.5. The first-order valence-electron chi connectivity index (χ1n) is 10.7. The molecule has 0 radical (unpaired) electrons. The van der Waals surface area contributed by atoms with Crippen LogP contribution in [-0.2, 0) is 14.3 Å². The molecule has 1 atom stereocenters. The van der Waals surface area contributed by atoms with Crippen molar-refractivity contribution in [1.29, 1.82) is 0 Å². The van der Waals surface area contributed by atoms with Gasteiger partial charge in [-0.25, -0.2) is 4.79 Å². The second-order valence-electron chi connectivity index (χ2n) is 7.29. The van der Waals surface area contributed by atoms with Crippen LogP contribution in [-0.4, -0.2) is 51.6 Å². The fourth-order valence-electron chi connectivity index (χ4n) is 3.24. The summed E-state index contributed by atoms with van der Waals surface area (Å²) in [5, 5.41) is 13.1. The van der Waals surface area contributed by atoms with Gasteiger partial charge in [-0.2, -0.15) is 0 Å². The number of amidine groups is 2. The number of ether oxygens (including phenoxy) is 1. The minimum atomic E-state index is -0.669. The van der Waals surface area contributed by atoms with Crippen molar-refractivity contribution in [2.24, 2.45) is 10.2 Å². The van der Waals surface area contributed by atoms with Crippen LogP contribution in [0.4, 0.5) is 16.2 Å². The molecule has 2 saturated heterocycles. The van der Waals surface area contributed by atoms with E-state index >= 15 is 0 Å². The second-order valence-corrected chi connectivity index (χ2v) is 9.41. The molecule has 0 aliphatic carbocycles. The van der Waals surface area contributed by atoms with E-state index in [2.05, 4.69) is 20.8 Å². The molecule has 2 aliphatic rings. The molecule has 2 heterocycles. The lowest BCUT2D eigenvalue weighted by Gasteiger charge is -2.14. The third-order valence-electron chi connectivity index (χ3n) is 4.86. The molecule has 4 rings (SSSR count). The number of esters is 1. The number of rotatable bonds is 7. The number of nitrogens with zero attached hydrogens (tertiary/aromatic N) is 3. The van der Waals surface area contributed by atoms with Crippen molar-refractivity contribution in [2.75, 3.05) is 22.6 Å². The summed E-state index contributed by atoms with van der Waals surface area (Å²) in [4.78, 5) is 50.2. The zero-order chi connectivity index (χ0) is 24.8. The van der Waals surface area contributed by atoms with Crippen LogP contribution in [0.3, 0.4) is 0 Å². The van der Waals surface area contributed by atoms with Gasteiger partial charge in [0.25, 0.3) is 5.24 Å². The lowest BCUT2D eigenvalue weighted by atomic mass is 10.2. The topological polar surface area (TPSA) is 130 Å². The number of benzene rings is 2. The minimum Gasteiger partial charge on any atom is -0.462 e. The fourth-order valence-corrected chi connectivity index (χ4v) is 4.94. The van der Waals surface area contributed by atoms with Crippen LogP contribution in [0.2, 0.25) is 0 Å². The van der Waals surface area contributed by atoms with Gasteiger partial charge in [0.05, 0.1) is 23.6 Å². The fraction of sp³-hybridized carbons (Fsp3) is 0.217. The number of thioether (sulfide) groups is 2. The number of hydrogen-bond donors (Lipinski definition) is 2. The maximum atomic E-state index is 12.4. The summed E-state index contributed by atoms with van der Waals surface area (Å²) in [6, 6.07) is 15.4. The van der Waals surface area contributed by atoms with Crippen LogP contribution < -0.4 is 15.5 Å². The third kappa shape index (κ3) is 6.08. The van der Waals surface area contributed by atoms with Gasteiger partial charge in [0, 0.05) is 12.1 Å². The molecule has 1 unspecified atom stereocenters. The average molecular weight is 512 g/mol. The lowest BCUT2D eigenvalue weighted by molar-refractivity contribution is -0.122. The van der Waals surface area contributed by atoms with Crippen LogP contribution in [0.25, 0.3) is 0 Å². The number of carbonyl (C=O) groups excluding carboxylic acids is 4. The number of para-hydroxylation sites is 1. The Bertz CT molecular complexity index is 1200. The second kappa shape index (κ2) is 11.2. The van der Waals surface area contributed by atoms with Crippen molar-refractivity contribution in [3.05, 3.63) is 60.2 Å². The van der Waals surface area contributed by atoms with Crippen molar-refractivity contribution in [2.45, 2.75) is 18.6 Å². The van der Waals surface area contributed by atoms with Crippen LogP contribution >= 0.6 is 23.5 Å². The van der Waals surface area contributed by atoms with Gasteiger partial charge in [0.2, 0.25) is 11.8 Å². The number of hydrogen-bond acceptors (Lipinski definition) is 9. The Morgan fingerprint density at radius 1 is 1.11 bits per heavy atom. The Kier molecular flexibility index (Phi) is 7.83. The molecule has 2 aliphatic heterocycles.